The Kier molecular flexibility index (Phi) is 5.85. The van der Waals surface area contributed by atoms with E-state index in [1.165, 1.54) is 0 Å². The van der Waals surface area contributed by atoms with Gasteiger partial charge < -0.3 is 10.1 Å². The third-order valence-corrected chi connectivity index (χ3v) is 5.27. The number of hydrogen-bond acceptors (Lipinski definition) is 5. The fourth-order valence-electron chi connectivity index (χ4n) is 3.72. The van der Waals surface area contributed by atoms with Gasteiger partial charge in [-0.25, -0.2) is 8.78 Å². The second kappa shape index (κ2) is 8.74. The summed E-state index contributed by atoms with van der Waals surface area (Å²) < 4.78 is 34.2. The monoisotopic (exact) mass is 442 g/mol. The number of ether oxygens (including phenoxy) is 1. The van der Waals surface area contributed by atoms with Crippen molar-refractivity contribution in [2.75, 3.05) is 6.61 Å². The van der Waals surface area contributed by atoms with Crippen LogP contribution in [0.15, 0.2) is 36.4 Å². The number of hydrogen-bond donors (Lipinski definition) is 2. The fourth-order valence-corrected chi connectivity index (χ4v) is 3.72. The van der Waals surface area contributed by atoms with E-state index in [1.807, 2.05) is 0 Å². The van der Waals surface area contributed by atoms with Gasteiger partial charge in [-0.05, 0) is 30.7 Å². The van der Waals surface area contributed by atoms with Crippen LogP contribution in [0.4, 0.5) is 8.78 Å². The molecule has 2 aromatic carbocycles. The van der Waals surface area contributed by atoms with Crippen LogP contribution in [0, 0.1) is 11.6 Å². The summed E-state index contributed by atoms with van der Waals surface area (Å²) in [6.45, 7) is -0.531. The summed E-state index contributed by atoms with van der Waals surface area (Å²) >= 11 is 0. The minimum atomic E-state index is -0.617. The van der Waals surface area contributed by atoms with Gasteiger partial charge in [0, 0.05) is 31.0 Å². The number of imide groups is 1. The molecule has 0 radical (unpaired) electrons. The predicted molar refractivity (Wildman–Crippen MR) is 110 cm³/mol. The molecule has 0 aliphatic carbocycles. The summed E-state index contributed by atoms with van der Waals surface area (Å²) in [5, 5.41) is 9.96. The van der Waals surface area contributed by atoms with Crippen LogP contribution in [0.5, 0.6) is 5.75 Å². The van der Waals surface area contributed by atoms with Crippen LogP contribution in [0.1, 0.15) is 30.0 Å². The summed E-state index contributed by atoms with van der Waals surface area (Å²) in [4.78, 5) is 35.9. The van der Waals surface area contributed by atoms with Gasteiger partial charge in [0.25, 0.3) is 5.91 Å². The van der Waals surface area contributed by atoms with Crippen LogP contribution in [0.25, 0.3) is 10.9 Å². The topological polar surface area (TPSA) is 102 Å². The van der Waals surface area contributed by atoms with Gasteiger partial charge in [0.2, 0.25) is 11.8 Å². The second-order valence-electron chi connectivity index (χ2n) is 7.47. The zero-order chi connectivity index (χ0) is 22.8. The average Bonchev–Trinajstić information content (AvgIpc) is 3.10. The first-order chi connectivity index (χ1) is 15.3. The molecule has 1 aromatic heterocycles. The van der Waals surface area contributed by atoms with Gasteiger partial charge in [-0.3, -0.25) is 24.4 Å². The zero-order valence-corrected chi connectivity index (χ0v) is 17.2. The summed E-state index contributed by atoms with van der Waals surface area (Å²) in [5.41, 5.74) is 1.15. The third kappa shape index (κ3) is 4.29. The van der Waals surface area contributed by atoms with Gasteiger partial charge in [-0.15, -0.1) is 0 Å². The molecule has 0 saturated carbocycles. The van der Waals surface area contributed by atoms with Gasteiger partial charge >= 0.3 is 0 Å². The Hall–Kier alpha value is -3.82. The number of piperidine rings is 1. The molecule has 1 unspecified atom stereocenters. The van der Waals surface area contributed by atoms with Gasteiger partial charge in [0.15, 0.2) is 6.61 Å². The summed E-state index contributed by atoms with van der Waals surface area (Å²) in [5.74, 6) is -2.61. The molecule has 4 rings (SSSR count). The highest BCUT2D eigenvalue weighted by atomic mass is 19.1. The van der Waals surface area contributed by atoms with Gasteiger partial charge in [0.05, 0.1) is 11.6 Å². The molecule has 2 N–H and O–H groups in total. The average molecular weight is 442 g/mol. The number of fused-ring (bicyclic) bond motifs is 1. The number of aryl methyl sites for hydroxylation is 1. The molecule has 32 heavy (non-hydrogen) atoms. The first-order valence-electron chi connectivity index (χ1n) is 9.96. The third-order valence-electron chi connectivity index (χ3n) is 5.27. The summed E-state index contributed by atoms with van der Waals surface area (Å²) in [6, 6.07) is 8.19. The van der Waals surface area contributed by atoms with Crippen LogP contribution in [0.2, 0.25) is 0 Å². The van der Waals surface area contributed by atoms with Crippen LogP contribution in [0.3, 0.4) is 0 Å². The van der Waals surface area contributed by atoms with Crippen molar-refractivity contribution in [2.24, 2.45) is 7.05 Å². The van der Waals surface area contributed by atoms with E-state index >= 15 is 0 Å². The van der Waals surface area contributed by atoms with Crippen molar-refractivity contribution in [3.05, 3.63) is 59.3 Å². The van der Waals surface area contributed by atoms with E-state index in [-0.39, 0.29) is 31.0 Å². The molecule has 3 aromatic rings. The van der Waals surface area contributed by atoms with Gasteiger partial charge in [0.1, 0.15) is 22.9 Å². The van der Waals surface area contributed by atoms with Crippen molar-refractivity contribution in [2.45, 2.75) is 25.3 Å². The first kappa shape index (κ1) is 21.4. The fraction of sp³-hybridized carbons (Fsp3) is 0.273. The smallest absolute Gasteiger partial charge is 0.258 e. The first-order valence-corrected chi connectivity index (χ1v) is 9.96. The molecule has 1 aliphatic heterocycles. The maximum absolute atomic E-state index is 13.7. The maximum atomic E-state index is 13.7. The molecule has 8 nitrogen and oxygen atoms in total. The number of amides is 3. The summed E-state index contributed by atoms with van der Waals surface area (Å²) in [7, 11) is 1.69. The number of carbonyl (C=O) groups excluding carboxylic acids is 3. The van der Waals surface area contributed by atoms with Crippen LogP contribution >= 0.6 is 0 Å². The molecular formula is C22H20F2N4O4. The molecule has 0 bridgehead atoms. The van der Waals surface area contributed by atoms with Gasteiger partial charge in [-0.2, -0.15) is 5.10 Å². The lowest BCUT2D eigenvalue weighted by molar-refractivity contribution is -0.134. The molecule has 1 atom stereocenters. The molecule has 1 fully saturated rings. The summed E-state index contributed by atoms with van der Waals surface area (Å²) in [6.07, 6.45) is 0.595. The van der Waals surface area contributed by atoms with E-state index in [0.29, 0.717) is 28.8 Å². The number of rotatable bonds is 6. The molecular weight excluding hydrogens is 422 g/mol. The van der Waals surface area contributed by atoms with E-state index in [2.05, 4.69) is 15.7 Å². The van der Waals surface area contributed by atoms with Crippen LogP contribution in [-0.4, -0.2) is 34.1 Å². The minimum absolute atomic E-state index is 0.0287. The molecule has 166 valence electrons. The van der Waals surface area contributed by atoms with Crippen LogP contribution in [-0.2, 0) is 28.0 Å². The second-order valence-corrected chi connectivity index (χ2v) is 7.47. The number of halogens is 2. The van der Waals surface area contributed by atoms with Gasteiger partial charge in [-0.1, -0.05) is 12.1 Å². The Morgan fingerprint density at radius 2 is 2.09 bits per heavy atom. The molecule has 2 heterocycles. The highest BCUT2D eigenvalue weighted by Gasteiger charge is 2.32. The highest BCUT2D eigenvalue weighted by Crippen LogP contribution is 2.34. The normalized spacial score (nSPS) is 16.2. The Balaban J connectivity index is 1.47. The Bertz CT molecular complexity index is 1220. The van der Waals surface area contributed by atoms with E-state index < -0.39 is 29.4 Å². The Morgan fingerprint density at radius 3 is 2.88 bits per heavy atom. The minimum Gasteiger partial charge on any atom is -0.482 e. The largest absolute Gasteiger partial charge is 0.482 e. The quantitative estimate of drug-likeness (QED) is 0.569. The molecule has 1 aliphatic rings. The lowest BCUT2D eigenvalue weighted by Gasteiger charge is -2.19. The lowest BCUT2D eigenvalue weighted by Crippen LogP contribution is -2.39. The molecule has 3 amide bonds. The van der Waals surface area contributed by atoms with Crippen molar-refractivity contribution in [3.63, 3.8) is 0 Å². The predicted octanol–water partition coefficient (Wildman–Crippen LogP) is 2.07. The lowest BCUT2D eigenvalue weighted by atomic mass is 9.93. The van der Waals surface area contributed by atoms with E-state index in [0.717, 1.165) is 18.2 Å². The zero-order valence-electron chi connectivity index (χ0n) is 17.2. The maximum Gasteiger partial charge on any atom is 0.258 e. The van der Waals surface area contributed by atoms with Crippen molar-refractivity contribution in [1.82, 2.24) is 20.4 Å². The SMILES string of the molecule is Cn1nc(C2CCC(=O)NC2=O)c2cccc(OCC(=O)NCc3cc(F)ccc3F)c21. The van der Waals surface area contributed by atoms with Crippen molar-refractivity contribution < 1.29 is 27.9 Å². The number of nitrogens with one attached hydrogen (secondary N) is 2. The van der Waals surface area contributed by atoms with E-state index in [9.17, 15) is 23.2 Å². The van der Waals surface area contributed by atoms with Crippen LogP contribution < -0.4 is 15.4 Å². The van der Waals surface area contributed by atoms with Crippen molar-refractivity contribution >= 4 is 28.6 Å². The Morgan fingerprint density at radius 1 is 1.28 bits per heavy atom. The van der Waals surface area contributed by atoms with Crippen molar-refractivity contribution in [3.8, 4) is 5.75 Å². The molecule has 0 spiro atoms. The number of carbonyl (C=O) groups is 3. The number of benzene rings is 2. The molecule has 10 heteroatoms. The Labute approximate surface area is 181 Å². The molecule has 1 saturated heterocycles. The van der Waals surface area contributed by atoms with Crippen molar-refractivity contribution in [1.29, 1.82) is 0 Å². The highest BCUT2D eigenvalue weighted by molar-refractivity contribution is 6.03. The number of aromatic nitrogens is 2. The van der Waals surface area contributed by atoms with E-state index in [4.69, 9.17) is 4.74 Å². The number of para-hydroxylation sites is 1. The number of nitrogens with zero attached hydrogens (tertiary/aromatic N) is 2. The van der Waals surface area contributed by atoms with E-state index in [1.54, 1.807) is 29.9 Å². The standard InChI is InChI=1S/C22H20F2N4O4/c1-28-21-14(20(27-28)15-6-8-18(29)26-22(15)31)3-2-4-17(21)32-11-19(30)25-10-12-9-13(23)5-7-16(12)24/h2-5,7,9,15H,6,8,10-11H2,1H3,(H,25,30)(H,26,29,31).